The van der Waals surface area contributed by atoms with E-state index in [1.54, 1.807) is 0 Å². The molecule has 0 aliphatic carbocycles. The van der Waals surface area contributed by atoms with Crippen LogP contribution in [0.4, 0.5) is 0 Å². The van der Waals surface area contributed by atoms with Gasteiger partial charge in [0, 0.05) is 12.0 Å². The molecule has 3 heterocycles. The number of hydrogen-bond donors (Lipinski definition) is 1. The molecule has 5 rings (SSSR count). The summed E-state index contributed by atoms with van der Waals surface area (Å²) in [4.78, 5) is 5.62. The first kappa shape index (κ1) is 21.4. The van der Waals surface area contributed by atoms with Gasteiger partial charge in [0.05, 0.1) is 6.54 Å². The van der Waals surface area contributed by atoms with E-state index in [0.717, 1.165) is 53.0 Å². The summed E-state index contributed by atoms with van der Waals surface area (Å²) in [5, 5.41) is 22.8. The summed E-state index contributed by atoms with van der Waals surface area (Å²) in [5.41, 5.74) is 5.55. The summed E-state index contributed by atoms with van der Waals surface area (Å²) in [6.07, 6.45) is 2.91. The van der Waals surface area contributed by atoms with Gasteiger partial charge in [0.25, 0.3) is 0 Å². The van der Waals surface area contributed by atoms with E-state index >= 15 is 0 Å². The molecule has 0 unspecified atom stereocenters. The Balaban J connectivity index is 1.63. The lowest BCUT2D eigenvalue weighted by Gasteiger charge is -2.17. The van der Waals surface area contributed by atoms with Gasteiger partial charge in [0.1, 0.15) is 17.2 Å². The number of aryl methyl sites for hydroxylation is 1. The zero-order valence-corrected chi connectivity index (χ0v) is 19.5. The zero-order valence-electron chi connectivity index (χ0n) is 17.9. The second-order valence-corrected chi connectivity index (χ2v) is 8.44. The number of aromatic amines is 1. The molecule has 4 aromatic rings. The Morgan fingerprint density at radius 1 is 0.909 bits per heavy atom. The molecule has 0 fully saturated rings. The minimum absolute atomic E-state index is 0.380. The molecule has 0 spiro atoms. The van der Waals surface area contributed by atoms with Gasteiger partial charge >= 0.3 is 0 Å². The van der Waals surface area contributed by atoms with Gasteiger partial charge in [-0.25, -0.2) is 4.98 Å². The molecule has 164 valence electrons. The van der Waals surface area contributed by atoms with Gasteiger partial charge in [-0.2, -0.15) is 5.21 Å². The Bertz CT molecular complexity index is 1370. The van der Waals surface area contributed by atoms with Crippen molar-refractivity contribution in [1.29, 1.82) is 0 Å². The fourth-order valence-corrected chi connectivity index (χ4v) is 4.46. The predicted octanol–water partition coefficient (Wildman–Crippen LogP) is 4.94. The first-order valence-corrected chi connectivity index (χ1v) is 11.5. The molecule has 0 saturated carbocycles. The van der Waals surface area contributed by atoms with Crippen LogP contribution < -0.4 is 0 Å². The normalized spacial score (nSPS) is 12.9. The number of nitrogens with one attached hydrogen (secondary N) is 1. The third kappa shape index (κ3) is 4.03. The number of azo groups is 1. The molecule has 10 heteroatoms. The number of benzene rings is 2. The molecule has 0 atom stereocenters. The average molecular weight is 473 g/mol. The van der Waals surface area contributed by atoms with Gasteiger partial charge in [-0.1, -0.05) is 86.3 Å². The second-order valence-electron chi connectivity index (χ2n) is 7.66. The molecular weight excluding hydrogens is 452 g/mol. The van der Waals surface area contributed by atoms with Crippen molar-refractivity contribution in [2.45, 2.75) is 32.7 Å². The Kier molecular flexibility index (Phi) is 5.93. The Morgan fingerprint density at radius 2 is 1.64 bits per heavy atom. The second kappa shape index (κ2) is 9.16. The van der Waals surface area contributed by atoms with Crippen molar-refractivity contribution in [3.8, 4) is 22.5 Å². The van der Waals surface area contributed by atoms with E-state index in [-0.39, 0.29) is 0 Å². The maximum atomic E-state index is 5.54. The molecule has 0 amide bonds. The number of H-pyrrole nitrogens is 1. The lowest BCUT2D eigenvalue weighted by Crippen LogP contribution is -2.16. The number of aromatic nitrogens is 6. The Hall–Kier alpha value is -3.50. The van der Waals surface area contributed by atoms with E-state index in [9.17, 15) is 0 Å². The van der Waals surface area contributed by atoms with Crippen LogP contribution in [0.3, 0.4) is 0 Å². The van der Waals surface area contributed by atoms with Crippen LogP contribution in [0.1, 0.15) is 42.5 Å². The number of unbranched alkanes of at least 4 members (excludes halogenated alkanes) is 1. The summed E-state index contributed by atoms with van der Waals surface area (Å²) < 4.78 is 2.15. The van der Waals surface area contributed by atoms with Crippen LogP contribution in [-0.4, -0.2) is 40.2 Å². The van der Waals surface area contributed by atoms with Crippen molar-refractivity contribution in [1.82, 2.24) is 30.2 Å². The highest BCUT2D eigenvalue weighted by atomic mass is 32.1. The molecule has 0 saturated heterocycles. The first-order chi connectivity index (χ1) is 16.2. The van der Waals surface area contributed by atoms with Crippen molar-refractivity contribution in [2.75, 3.05) is 0 Å². The van der Waals surface area contributed by atoms with Crippen LogP contribution in [-0.2, 0) is 13.0 Å². The molecular formula is C23H20N8S2. The van der Waals surface area contributed by atoms with Crippen molar-refractivity contribution in [2.24, 2.45) is 10.2 Å². The molecule has 33 heavy (non-hydrogen) atoms. The fourth-order valence-electron chi connectivity index (χ4n) is 4.03. The summed E-state index contributed by atoms with van der Waals surface area (Å²) in [6.45, 7) is 2.74. The number of nitrogens with zero attached hydrogens (tertiary/aromatic N) is 7. The summed E-state index contributed by atoms with van der Waals surface area (Å²) >= 11 is 10.9. The number of tetrazole rings is 1. The van der Waals surface area contributed by atoms with Crippen molar-refractivity contribution in [3.05, 3.63) is 71.3 Å². The van der Waals surface area contributed by atoms with Crippen molar-refractivity contribution < 1.29 is 0 Å². The van der Waals surface area contributed by atoms with Gasteiger partial charge in [0.15, 0.2) is 9.98 Å². The molecule has 2 aromatic carbocycles. The highest BCUT2D eigenvalue weighted by Crippen LogP contribution is 2.33. The van der Waals surface area contributed by atoms with Gasteiger partial charge in [-0.05, 0) is 28.3 Å². The van der Waals surface area contributed by atoms with Gasteiger partial charge < -0.3 is 4.57 Å². The predicted molar refractivity (Wildman–Crippen MR) is 133 cm³/mol. The highest BCUT2D eigenvalue weighted by Gasteiger charge is 2.27. The molecule has 0 radical (unpaired) electrons. The van der Waals surface area contributed by atoms with Crippen molar-refractivity contribution in [3.63, 3.8) is 0 Å². The van der Waals surface area contributed by atoms with Crippen LogP contribution in [0, 0.1) is 0 Å². The van der Waals surface area contributed by atoms with Crippen molar-refractivity contribution >= 4 is 34.4 Å². The van der Waals surface area contributed by atoms with Crippen LogP contribution in [0.25, 0.3) is 22.5 Å². The van der Waals surface area contributed by atoms with Crippen LogP contribution in [0.5, 0.6) is 0 Å². The molecule has 1 N–H and O–H groups in total. The van der Waals surface area contributed by atoms with E-state index in [1.807, 2.05) is 30.3 Å². The maximum Gasteiger partial charge on any atom is 0.205 e. The summed E-state index contributed by atoms with van der Waals surface area (Å²) in [5.74, 6) is 1.50. The third-order valence-electron chi connectivity index (χ3n) is 5.59. The largest absolute Gasteiger partial charge is 0.321 e. The maximum absolute atomic E-state index is 5.54. The topological polar surface area (TPSA) is 97.0 Å². The van der Waals surface area contributed by atoms with E-state index in [2.05, 4.69) is 60.5 Å². The molecule has 1 aliphatic heterocycles. The standard InChI is InChI=1S/C23H20N8S2/c1-2-3-12-18-24-19-20(23(33)28-27-22(19)32)31(18)13-14-8-4-5-9-15(14)16-10-6-7-11-17(16)21-25-29-30-26-21/h4-11H,2-3,12-13H2,1H3,(H,25,26,29,30). The first-order valence-electron chi connectivity index (χ1n) is 10.7. The fraction of sp³-hybridized carbons (Fsp3) is 0.217. The number of imidazole rings is 1. The van der Waals surface area contributed by atoms with Gasteiger partial charge in [0.2, 0.25) is 5.82 Å². The monoisotopic (exact) mass is 472 g/mol. The van der Waals surface area contributed by atoms with Crippen LogP contribution >= 0.6 is 24.4 Å². The van der Waals surface area contributed by atoms with Crippen LogP contribution in [0.2, 0.25) is 0 Å². The van der Waals surface area contributed by atoms with E-state index < -0.39 is 0 Å². The molecule has 1 aliphatic rings. The average Bonchev–Trinajstić information content (AvgIpc) is 3.50. The minimum Gasteiger partial charge on any atom is -0.321 e. The Morgan fingerprint density at radius 3 is 2.39 bits per heavy atom. The number of thiocarbonyl (C=S) groups is 2. The minimum atomic E-state index is 0.380. The number of fused-ring (bicyclic) bond motifs is 1. The number of hydrogen-bond acceptors (Lipinski definition) is 6. The van der Waals surface area contributed by atoms with E-state index in [0.29, 0.717) is 28.0 Å². The quantitative estimate of drug-likeness (QED) is 0.383. The smallest absolute Gasteiger partial charge is 0.205 e. The zero-order chi connectivity index (χ0) is 22.8. The lowest BCUT2D eigenvalue weighted by atomic mass is 9.95. The molecule has 2 aromatic heterocycles. The van der Waals surface area contributed by atoms with Crippen LogP contribution in [0.15, 0.2) is 58.8 Å². The Labute approximate surface area is 201 Å². The molecule has 0 bridgehead atoms. The lowest BCUT2D eigenvalue weighted by molar-refractivity contribution is 0.676. The third-order valence-corrected chi connectivity index (χ3v) is 6.14. The summed E-state index contributed by atoms with van der Waals surface area (Å²) in [6, 6.07) is 16.3. The summed E-state index contributed by atoms with van der Waals surface area (Å²) in [7, 11) is 0. The molecule has 8 nitrogen and oxygen atoms in total. The van der Waals surface area contributed by atoms with E-state index in [4.69, 9.17) is 29.4 Å². The van der Waals surface area contributed by atoms with Gasteiger partial charge in [-0.15, -0.1) is 20.4 Å². The highest BCUT2D eigenvalue weighted by molar-refractivity contribution is 7.81. The SMILES string of the molecule is CCCCc1nc2c(n1Cc1ccccc1-c1ccccc1-c1nn[nH]n1)C(=S)N=NC2=S. The number of rotatable bonds is 7. The van der Waals surface area contributed by atoms with E-state index in [1.165, 1.54) is 0 Å². The van der Waals surface area contributed by atoms with Gasteiger partial charge in [-0.3, -0.25) is 0 Å².